The lowest BCUT2D eigenvalue weighted by Crippen LogP contribution is -2.22. The number of carbonyl (C=O) groups is 2. The minimum absolute atomic E-state index is 0.106. The zero-order valence-corrected chi connectivity index (χ0v) is 9.16. The second kappa shape index (κ2) is 5.09. The van der Waals surface area contributed by atoms with E-state index in [1.54, 1.807) is 0 Å². The minimum atomic E-state index is -1.15. The van der Waals surface area contributed by atoms with E-state index in [9.17, 15) is 9.59 Å². The Bertz CT molecular complexity index is 565. The maximum absolute atomic E-state index is 11.6. The monoisotopic (exact) mass is 247 g/mol. The van der Waals surface area contributed by atoms with Crippen LogP contribution in [-0.4, -0.2) is 27.2 Å². The zero-order valence-electron chi connectivity index (χ0n) is 9.16. The first kappa shape index (κ1) is 11.8. The largest absolute Gasteiger partial charge is 0.475 e. The molecule has 2 heterocycles. The number of hydrogen-bond donors (Lipinski definition) is 2. The van der Waals surface area contributed by atoms with Gasteiger partial charge in [-0.05, 0) is 18.2 Å². The van der Waals surface area contributed by atoms with Gasteiger partial charge in [-0.2, -0.15) is 10.2 Å². The van der Waals surface area contributed by atoms with Gasteiger partial charge in [-0.3, -0.25) is 4.79 Å². The number of furan rings is 1. The summed E-state index contributed by atoms with van der Waals surface area (Å²) in [5, 5.41) is 18.4. The molecule has 0 radical (unpaired) electrons. The first-order valence-corrected chi connectivity index (χ1v) is 5.03. The van der Waals surface area contributed by atoms with Crippen molar-refractivity contribution in [2.24, 2.45) is 0 Å². The van der Waals surface area contributed by atoms with Crippen LogP contribution in [0.25, 0.3) is 0 Å². The van der Waals surface area contributed by atoms with Gasteiger partial charge >= 0.3 is 5.97 Å². The van der Waals surface area contributed by atoms with Gasteiger partial charge in [-0.25, -0.2) is 4.79 Å². The Kier molecular flexibility index (Phi) is 3.33. The SMILES string of the molecule is O=C(NCc1ccc(C(=O)O)o1)c1ccnnc1. The molecule has 7 heteroatoms. The fourth-order valence-corrected chi connectivity index (χ4v) is 1.28. The van der Waals surface area contributed by atoms with E-state index >= 15 is 0 Å². The molecule has 0 saturated heterocycles. The van der Waals surface area contributed by atoms with Crippen molar-refractivity contribution in [3.63, 3.8) is 0 Å². The first-order valence-electron chi connectivity index (χ1n) is 5.03. The number of carboxylic acid groups (broad SMARTS) is 1. The van der Waals surface area contributed by atoms with Gasteiger partial charge in [-0.15, -0.1) is 0 Å². The second-order valence-corrected chi connectivity index (χ2v) is 3.38. The van der Waals surface area contributed by atoms with E-state index in [-0.39, 0.29) is 18.2 Å². The number of rotatable bonds is 4. The van der Waals surface area contributed by atoms with Crippen molar-refractivity contribution >= 4 is 11.9 Å². The maximum atomic E-state index is 11.6. The van der Waals surface area contributed by atoms with Crippen LogP contribution in [0.1, 0.15) is 26.7 Å². The van der Waals surface area contributed by atoms with Crippen LogP contribution in [0.4, 0.5) is 0 Å². The van der Waals surface area contributed by atoms with Gasteiger partial charge in [0.2, 0.25) is 5.76 Å². The number of amides is 1. The van der Waals surface area contributed by atoms with Crippen molar-refractivity contribution in [1.82, 2.24) is 15.5 Å². The van der Waals surface area contributed by atoms with Gasteiger partial charge in [-0.1, -0.05) is 0 Å². The molecule has 92 valence electrons. The number of aromatic carboxylic acids is 1. The fourth-order valence-electron chi connectivity index (χ4n) is 1.28. The van der Waals surface area contributed by atoms with Gasteiger partial charge in [0, 0.05) is 0 Å². The summed E-state index contributed by atoms with van der Waals surface area (Å²) in [4.78, 5) is 22.2. The highest BCUT2D eigenvalue weighted by Gasteiger charge is 2.10. The number of nitrogens with one attached hydrogen (secondary N) is 1. The molecule has 0 aliphatic heterocycles. The summed E-state index contributed by atoms with van der Waals surface area (Å²) in [7, 11) is 0. The number of carbonyl (C=O) groups excluding carboxylic acids is 1. The van der Waals surface area contributed by atoms with Gasteiger partial charge in [0.1, 0.15) is 5.76 Å². The summed E-state index contributed by atoms with van der Waals surface area (Å²) in [5.74, 6) is -1.28. The summed E-state index contributed by atoms with van der Waals surface area (Å²) in [6, 6.07) is 4.35. The van der Waals surface area contributed by atoms with E-state index in [0.29, 0.717) is 11.3 Å². The lowest BCUT2D eigenvalue weighted by atomic mass is 10.3. The quantitative estimate of drug-likeness (QED) is 0.823. The number of nitrogens with zero attached hydrogens (tertiary/aromatic N) is 2. The van der Waals surface area contributed by atoms with Crippen LogP contribution in [0, 0.1) is 0 Å². The average molecular weight is 247 g/mol. The minimum Gasteiger partial charge on any atom is -0.475 e. The predicted molar refractivity (Wildman–Crippen MR) is 58.9 cm³/mol. The first-order chi connectivity index (χ1) is 8.66. The Morgan fingerprint density at radius 3 is 2.72 bits per heavy atom. The molecule has 1 amide bonds. The molecule has 2 rings (SSSR count). The third-order valence-electron chi connectivity index (χ3n) is 2.14. The van der Waals surface area contributed by atoms with Crippen LogP contribution in [0.3, 0.4) is 0 Å². The van der Waals surface area contributed by atoms with Gasteiger partial charge < -0.3 is 14.8 Å². The molecule has 0 spiro atoms. The summed E-state index contributed by atoms with van der Waals surface area (Å²) in [6.45, 7) is 0.106. The Balaban J connectivity index is 1.95. The Morgan fingerprint density at radius 2 is 2.11 bits per heavy atom. The number of hydrogen-bond acceptors (Lipinski definition) is 5. The molecule has 18 heavy (non-hydrogen) atoms. The van der Waals surface area contributed by atoms with Crippen molar-refractivity contribution < 1.29 is 19.1 Å². The van der Waals surface area contributed by atoms with E-state index in [1.807, 2.05) is 0 Å². The number of carboxylic acids is 1. The highest BCUT2D eigenvalue weighted by atomic mass is 16.4. The molecule has 2 aromatic rings. The molecule has 0 aromatic carbocycles. The summed E-state index contributed by atoms with van der Waals surface area (Å²) >= 11 is 0. The highest BCUT2D eigenvalue weighted by Crippen LogP contribution is 2.07. The van der Waals surface area contributed by atoms with Gasteiger partial charge in [0.05, 0.1) is 24.5 Å². The van der Waals surface area contributed by atoms with Crippen molar-refractivity contribution in [2.75, 3.05) is 0 Å². The summed E-state index contributed by atoms with van der Waals surface area (Å²) < 4.78 is 4.99. The van der Waals surface area contributed by atoms with E-state index in [1.165, 1.54) is 30.6 Å². The molecule has 0 saturated carbocycles. The lowest BCUT2D eigenvalue weighted by Gasteiger charge is -2.01. The van der Waals surface area contributed by atoms with E-state index in [4.69, 9.17) is 9.52 Å². The highest BCUT2D eigenvalue weighted by molar-refractivity contribution is 5.93. The Labute approximate surface area is 101 Å². The molecule has 0 aliphatic rings. The average Bonchev–Trinajstić information content (AvgIpc) is 2.86. The van der Waals surface area contributed by atoms with Crippen LogP contribution < -0.4 is 5.32 Å². The van der Waals surface area contributed by atoms with Crippen LogP contribution in [0.15, 0.2) is 35.0 Å². The molecule has 2 N–H and O–H groups in total. The third kappa shape index (κ3) is 2.70. The molecule has 7 nitrogen and oxygen atoms in total. The topological polar surface area (TPSA) is 105 Å². The second-order valence-electron chi connectivity index (χ2n) is 3.38. The molecule has 0 atom stereocenters. The smallest absolute Gasteiger partial charge is 0.371 e. The zero-order chi connectivity index (χ0) is 13.0. The number of aromatic nitrogens is 2. The molecule has 0 unspecified atom stereocenters. The van der Waals surface area contributed by atoms with Crippen molar-refractivity contribution in [3.8, 4) is 0 Å². The van der Waals surface area contributed by atoms with Crippen LogP contribution in [-0.2, 0) is 6.54 Å². The van der Waals surface area contributed by atoms with Gasteiger partial charge in [0.25, 0.3) is 5.91 Å². The van der Waals surface area contributed by atoms with E-state index in [2.05, 4.69) is 15.5 Å². The fraction of sp³-hybridized carbons (Fsp3) is 0.0909. The standard InChI is InChI=1S/C11H9N3O4/c15-10(7-3-4-13-14-5-7)12-6-8-1-2-9(18-8)11(16)17/h1-5H,6H2,(H,12,15)(H,16,17). The molecular formula is C11H9N3O4. The van der Waals surface area contributed by atoms with Crippen LogP contribution >= 0.6 is 0 Å². The summed E-state index contributed by atoms with van der Waals surface area (Å²) in [5.41, 5.74) is 0.370. The van der Waals surface area contributed by atoms with Gasteiger partial charge in [0.15, 0.2) is 0 Å². The normalized spacial score (nSPS) is 10.0. The maximum Gasteiger partial charge on any atom is 0.371 e. The van der Waals surface area contributed by atoms with E-state index < -0.39 is 5.97 Å². The van der Waals surface area contributed by atoms with Crippen molar-refractivity contribution in [3.05, 3.63) is 47.7 Å². The molecule has 0 bridgehead atoms. The van der Waals surface area contributed by atoms with Crippen LogP contribution in [0.2, 0.25) is 0 Å². The molecule has 0 fully saturated rings. The van der Waals surface area contributed by atoms with Crippen molar-refractivity contribution in [2.45, 2.75) is 6.54 Å². The Hall–Kier alpha value is -2.70. The molecule has 2 aromatic heterocycles. The van der Waals surface area contributed by atoms with Crippen LogP contribution in [0.5, 0.6) is 0 Å². The third-order valence-corrected chi connectivity index (χ3v) is 2.14. The summed E-state index contributed by atoms with van der Waals surface area (Å²) in [6.07, 6.45) is 2.74. The molecule has 0 aliphatic carbocycles. The Morgan fingerprint density at radius 1 is 1.28 bits per heavy atom. The van der Waals surface area contributed by atoms with E-state index in [0.717, 1.165) is 0 Å². The lowest BCUT2D eigenvalue weighted by molar-refractivity contribution is 0.0660. The van der Waals surface area contributed by atoms with Crippen molar-refractivity contribution in [1.29, 1.82) is 0 Å². The predicted octanol–water partition coefficient (Wildman–Crippen LogP) is 0.698. The molecular weight excluding hydrogens is 238 g/mol.